The molecule has 0 fully saturated rings. The molecule has 0 radical (unpaired) electrons. The Morgan fingerprint density at radius 3 is 2.91 bits per heavy atom. The SMILES string of the molecule is O=[N+]([O-])c1cc(F)ccc1NCCCn1cnc2ccccc21. The van der Waals surface area contributed by atoms with Crippen molar-refractivity contribution in [3.05, 3.63) is 64.7 Å². The van der Waals surface area contributed by atoms with Crippen LogP contribution in [0, 0.1) is 15.9 Å². The molecule has 7 heteroatoms. The van der Waals surface area contributed by atoms with Crippen LogP contribution in [0.15, 0.2) is 48.8 Å². The van der Waals surface area contributed by atoms with Gasteiger partial charge in [0, 0.05) is 13.1 Å². The average Bonchev–Trinajstić information content (AvgIpc) is 2.96. The Labute approximate surface area is 131 Å². The van der Waals surface area contributed by atoms with Crippen LogP contribution in [0.25, 0.3) is 11.0 Å². The number of benzene rings is 2. The monoisotopic (exact) mass is 314 g/mol. The molecule has 0 bridgehead atoms. The third kappa shape index (κ3) is 3.28. The summed E-state index contributed by atoms with van der Waals surface area (Å²) in [6, 6.07) is 11.4. The van der Waals surface area contributed by atoms with Gasteiger partial charge in [0.15, 0.2) is 0 Å². The maximum Gasteiger partial charge on any atom is 0.295 e. The van der Waals surface area contributed by atoms with E-state index in [-0.39, 0.29) is 5.69 Å². The zero-order valence-electron chi connectivity index (χ0n) is 12.3. The van der Waals surface area contributed by atoms with Gasteiger partial charge in [-0.05, 0) is 30.7 Å². The van der Waals surface area contributed by atoms with Gasteiger partial charge in [-0.15, -0.1) is 0 Å². The second kappa shape index (κ2) is 6.43. The highest BCUT2D eigenvalue weighted by Gasteiger charge is 2.14. The van der Waals surface area contributed by atoms with Crippen LogP contribution in [0.1, 0.15) is 6.42 Å². The van der Waals surface area contributed by atoms with E-state index in [2.05, 4.69) is 10.3 Å². The third-order valence-corrected chi connectivity index (χ3v) is 3.58. The summed E-state index contributed by atoms with van der Waals surface area (Å²) in [4.78, 5) is 14.7. The van der Waals surface area contributed by atoms with Gasteiger partial charge in [0.2, 0.25) is 0 Å². The summed E-state index contributed by atoms with van der Waals surface area (Å²) in [5.41, 5.74) is 2.07. The molecule has 0 aliphatic rings. The number of para-hydroxylation sites is 2. The molecule has 1 aromatic heterocycles. The van der Waals surface area contributed by atoms with Gasteiger partial charge in [-0.2, -0.15) is 0 Å². The van der Waals surface area contributed by atoms with Crippen molar-refractivity contribution >= 4 is 22.4 Å². The summed E-state index contributed by atoms with van der Waals surface area (Å²) in [6.45, 7) is 1.28. The standard InChI is InChI=1S/C16H15FN4O2/c17-12-6-7-14(16(10-12)21(22)23)18-8-3-9-20-11-19-13-4-1-2-5-15(13)20/h1-2,4-7,10-11,18H,3,8-9H2. The number of rotatable bonds is 6. The molecule has 0 unspecified atom stereocenters. The first-order chi connectivity index (χ1) is 11.1. The van der Waals surface area contributed by atoms with Crippen molar-refractivity contribution in [2.24, 2.45) is 0 Å². The second-order valence-corrected chi connectivity index (χ2v) is 5.13. The normalized spacial score (nSPS) is 10.8. The number of fused-ring (bicyclic) bond motifs is 1. The molecule has 1 N–H and O–H groups in total. The first kappa shape index (κ1) is 15.0. The molecule has 0 saturated carbocycles. The lowest BCUT2D eigenvalue weighted by Crippen LogP contribution is -2.08. The molecule has 0 atom stereocenters. The van der Waals surface area contributed by atoms with Gasteiger partial charge in [-0.25, -0.2) is 9.37 Å². The van der Waals surface area contributed by atoms with Gasteiger partial charge < -0.3 is 9.88 Å². The molecule has 0 aliphatic heterocycles. The Hall–Kier alpha value is -2.96. The van der Waals surface area contributed by atoms with Crippen LogP contribution in [0.4, 0.5) is 15.8 Å². The van der Waals surface area contributed by atoms with E-state index in [0.717, 1.165) is 30.1 Å². The predicted molar refractivity (Wildman–Crippen MR) is 85.9 cm³/mol. The van der Waals surface area contributed by atoms with E-state index in [0.29, 0.717) is 12.2 Å². The van der Waals surface area contributed by atoms with Crippen LogP contribution in [0.5, 0.6) is 0 Å². The lowest BCUT2D eigenvalue weighted by atomic mass is 10.2. The molecule has 0 saturated heterocycles. The summed E-state index contributed by atoms with van der Waals surface area (Å²) < 4.78 is 15.1. The first-order valence-electron chi connectivity index (χ1n) is 7.23. The van der Waals surface area contributed by atoms with E-state index in [1.54, 1.807) is 6.33 Å². The van der Waals surface area contributed by atoms with E-state index >= 15 is 0 Å². The largest absolute Gasteiger partial charge is 0.379 e. The van der Waals surface area contributed by atoms with Crippen molar-refractivity contribution in [1.82, 2.24) is 9.55 Å². The molecular weight excluding hydrogens is 299 g/mol. The smallest absolute Gasteiger partial charge is 0.295 e. The van der Waals surface area contributed by atoms with E-state index in [9.17, 15) is 14.5 Å². The van der Waals surface area contributed by atoms with Crippen molar-refractivity contribution < 1.29 is 9.31 Å². The number of hydrogen-bond acceptors (Lipinski definition) is 4. The minimum Gasteiger partial charge on any atom is -0.379 e. The van der Waals surface area contributed by atoms with E-state index in [1.165, 1.54) is 12.1 Å². The van der Waals surface area contributed by atoms with Gasteiger partial charge in [0.25, 0.3) is 5.69 Å². The molecule has 23 heavy (non-hydrogen) atoms. The summed E-state index contributed by atoms with van der Waals surface area (Å²) in [5.74, 6) is -0.618. The predicted octanol–water partition coefficient (Wildman–Crippen LogP) is 3.59. The van der Waals surface area contributed by atoms with Gasteiger partial charge >= 0.3 is 0 Å². The van der Waals surface area contributed by atoms with Crippen LogP contribution in [-0.4, -0.2) is 21.0 Å². The van der Waals surface area contributed by atoms with E-state index < -0.39 is 10.7 Å². The van der Waals surface area contributed by atoms with E-state index in [1.807, 2.05) is 28.8 Å². The van der Waals surface area contributed by atoms with Crippen molar-refractivity contribution in [3.8, 4) is 0 Å². The molecule has 3 rings (SSSR count). The maximum absolute atomic E-state index is 13.1. The fraction of sp³-hybridized carbons (Fsp3) is 0.188. The summed E-state index contributed by atoms with van der Waals surface area (Å²) in [6.07, 6.45) is 2.54. The van der Waals surface area contributed by atoms with Gasteiger partial charge in [-0.3, -0.25) is 10.1 Å². The number of hydrogen-bond donors (Lipinski definition) is 1. The highest BCUT2D eigenvalue weighted by molar-refractivity contribution is 5.74. The number of nitro benzene ring substituents is 1. The van der Waals surface area contributed by atoms with Crippen molar-refractivity contribution in [1.29, 1.82) is 0 Å². The molecule has 6 nitrogen and oxygen atoms in total. The summed E-state index contributed by atoms with van der Waals surface area (Å²) >= 11 is 0. The van der Waals surface area contributed by atoms with E-state index in [4.69, 9.17) is 0 Å². The Kier molecular flexibility index (Phi) is 4.18. The molecular formula is C16H15FN4O2. The Morgan fingerprint density at radius 1 is 1.26 bits per heavy atom. The van der Waals surface area contributed by atoms with Gasteiger partial charge in [0.05, 0.1) is 28.4 Å². The Morgan fingerprint density at radius 2 is 2.09 bits per heavy atom. The zero-order valence-corrected chi connectivity index (χ0v) is 12.3. The van der Waals surface area contributed by atoms with Crippen LogP contribution in [0.3, 0.4) is 0 Å². The minimum atomic E-state index is -0.618. The van der Waals surface area contributed by atoms with Crippen molar-refractivity contribution in [2.45, 2.75) is 13.0 Å². The van der Waals surface area contributed by atoms with Crippen molar-refractivity contribution in [2.75, 3.05) is 11.9 Å². The quantitative estimate of drug-likeness (QED) is 0.429. The minimum absolute atomic E-state index is 0.252. The number of nitrogens with zero attached hydrogens (tertiary/aromatic N) is 3. The highest BCUT2D eigenvalue weighted by Crippen LogP contribution is 2.24. The van der Waals surface area contributed by atoms with Crippen LogP contribution in [-0.2, 0) is 6.54 Å². The topological polar surface area (TPSA) is 73.0 Å². The Bertz CT molecular complexity index is 847. The van der Waals surface area contributed by atoms with Crippen LogP contribution < -0.4 is 5.32 Å². The van der Waals surface area contributed by atoms with Gasteiger partial charge in [0.1, 0.15) is 11.5 Å². The lowest BCUT2D eigenvalue weighted by molar-refractivity contribution is -0.384. The maximum atomic E-state index is 13.1. The molecule has 1 heterocycles. The molecule has 2 aromatic carbocycles. The molecule has 0 spiro atoms. The molecule has 118 valence electrons. The molecule has 0 aliphatic carbocycles. The third-order valence-electron chi connectivity index (χ3n) is 3.58. The molecule has 3 aromatic rings. The number of nitrogens with one attached hydrogen (secondary N) is 1. The number of halogens is 1. The fourth-order valence-corrected chi connectivity index (χ4v) is 2.47. The van der Waals surface area contributed by atoms with Gasteiger partial charge in [-0.1, -0.05) is 12.1 Å². The number of imidazole rings is 1. The fourth-order valence-electron chi connectivity index (χ4n) is 2.47. The number of anilines is 1. The summed E-state index contributed by atoms with van der Waals surface area (Å²) in [5, 5.41) is 13.9. The highest BCUT2D eigenvalue weighted by atomic mass is 19.1. The first-order valence-corrected chi connectivity index (χ1v) is 7.23. The number of nitro groups is 1. The lowest BCUT2D eigenvalue weighted by Gasteiger charge is -2.08. The summed E-state index contributed by atoms with van der Waals surface area (Å²) in [7, 11) is 0. The van der Waals surface area contributed by atoms with Crippen LogP contribution in [0.2, 0.25) is 0 Å². The average molecular weight is 314 g/mol. The second-order valence-electron chi connectivity index (χ2n) is 5.13. The molecule has 0 amide bonds. The number of aromatic nitrogens is 2. The number of aryl methyl sites for hydroxylation is 1. The van der Waals surface area contributed by atoms with Crippen LogP contribution >= 0.6 is 0 Å². The zero-order chi connectivity index (χ0) is 16.2. The van der Waals surface area contributed by atoms with Crippen molar-refractivity contribution in [3.63, 3.8) is 0 Å². The Balaban J connectivity index is 1.61.